The van der Waals surface area contributed by atoms with Crippen molar-refractivity contribution in [2.24, 2.45) is 7.05 Å². The molecule has 2 aromatic heterocycles. The van der Waals surface area contributed by atoms with Gasteiger partial charge in [0, 0.05) is 36.6 Å². The van der Waals surface area contributed by atoms with Crippen molar-refractivity contribution in [2.75, 3.05) is 30.0 Å². The van der Waals surface area contributed by atoms with Crippen LogP contribution in [0.5, 0.6) is 0 Å². The number of benzene rings is 2. The highest BCUT2D eigenvalue weighted by Crippen LogP contribution is 2.21. The first kappa shape index (κ1) is 27.3. The molecule has 2 N–H and O–H groups in total. The molecule has 4 rings (SSSR count). The van der Waals surface area contributed by atoms with Crippen molar-refractivity contribution in [3.05, 3.63) is 83.8 Å². The lowest BCUT2D eigenvalue weighted by Gasteiger charge is -2.21. The number of fused-ring (bicyclic) bond motifs is 1. The van der Waals surface area contributed by atoms with Crippen molar-refractivity contribution in [2.45, 2.75) is 26.8 Å². The molecule has 0 unspecified atom stereocenters. The number of nitrogens with one attached hydrogen (secondary N) is 2. The Kier molecular flexibility index (Phi) is 8.88. The third-order valence-electron chi connectivity index (χ3n) is 6.12. The van der Waals surface area contributed by atoms with Gasteiger partial charge in [0.2, 0.25) is 5.90 Å². The molecule has 4 aromatic rings. The lowest BCUT2D eigenvalue weighted by atomic mass is 10.1. The molecular weight excluding hydrogens is 496 g/mol. The van der Waals surface area contributed by atoms with Crippen LogP contribution in [0.25, 0.3) is 11.0 Å². The molecule has 0 saturated heterocycles. The topological polar surface area (TPSA) is 122 Å². The Balaban J connectivity index is 1.51. The van der Waals surface area contributed by atoms with Crippen molar-refractivity contribution in [1.82, 2.24) is 14.5 Å². The van der Waals surface area contributed by atoms with E-state index >= 15 is 0 Å². The lowest BCUT2D eigenvalue weighted by Crippen LogP contribution is -2.34. The van der Waals surface area contributed by atoms with Gasteiger partial charge in [0.1, 0.15) is 11.6 Å². The van der Waals surface area contributed by atoms with Gasteiger partial charge < -0.3 is 19.4 Å². The Labute approximate surface area is 227 Å². The third kappa shape index (κ3) is 6.59. The molecular formula is C29H32N6O4. The lowest BCUT2D eigenvalue weighted by molar-refractivity contribution is -0.142. The summed E-state index contributed by atoms with van der Waals surface area (Å²) in [6.45, 7) is 4.95. The number of aryl methyl sites for hydroxylation is 1. The molecule has 1 amide bonds. The number of pyridine rings is 1. The van der Waals surface area contributed by atoms with Gasteiger partial charge in [0.15, 0.2) is 0 Å². The molecule has 2 heterocycles. The molecule has 0 aliphatic carbocycles. The molecule has 0 spiro atoms. The quantitative estimate of drug-likeness (QED) is 0.166. The molecule has 0 aliphatic heterocycles. The van der Waals surface area contributed by atoms with Crippen molar-refractivity contribution < 1.29 is 19.1 Å². The Hall–Kier alpha value is -4.73. The number of ether oxygens (including phenoxy) is 2. The molecule has 10 heteroatoms. The Morgan fingerprint density at radius 2 is 1.74 bits per heavy atom. The van der Waals surface area contributed by atoms with E-state index < -0.39 is 0 Å². The Morgan fingerprint density at radius 1 is 1.00 bits per heavy atom. The maximum atomic E-state index is 13.5. The predicted molar refractivity (Wildman–Crippen MR) is 150 cm³/mol. The number of esters is 1. The number of rotatable bonds is 11. The van der Waals surface area contributed by atoms with Crippen LogP contribution in [0, 0.1) is 5.41 Å². The first-order valence-electron chi connectivity index (χ1n) is 12.8. The highest BCUT2D eigenvalue weighted by molar-refractivity contribution is 6.07. The first-order valence-corrected chi connectivity index (χ1v) is 12.8. The molecule has 0 aliphatic rings. The number of amides is 1. The minimum Gasteiger partial charge on any atom is -0.478 e. The standard InChI is InChI=1S/C29H32N6O4/c1-4-38-27(36)15-17-35(25-8-6-7-16-31-25)29(37)21-11-14-24-23(18-21)33-26(34(24)3)19-32-22-12-9-20(10-13-22)28(30)39-5-2/h6-14,16,18,30,32H,4-5,15,17,19H2,1-3H3. The van der Waals surface area contributed by atoms with Gasteiger partial charge in [-0.25, -0.2) is 9.97 Å². The van der Waals surface area contributed by atoms with Gasteiger partial charge in [0.25, 0.3) is 5.91 Å². The smallest absolute Gasteiger partial charge is 0.307 e. The van der Waals surface area contributed by atoms with E-state index in [1.54, 1.807) is 43.5 Å². The fourth-order valence-corrected chi connectivity index (χ4v) is 4.11. The van der Waals surface area contributed by atoms with Crippen LogP contribution in [0.3, 0.4) is 0 Å². The number of anilines is 2. The van der Waals surface area contributed by atoms with E-state index in [-0.39, 0.29) is 37.3 Å². The fourth-order valence-electron chi connectivity index (χ4n) is 4.11. The zero-order valence-corrected chi connectivity index (χ0v) is 22.3. The van der Waals surface area contributed by atoms with Gasteiger partial charge in [-0.1, -0.05) is 6.07 Å². The van der Waals surface area contributed by atoms with E-state index in [0.29, 0.717) is 35.6 Å². The van der Waals surface area contributed by atoms with Crippen LogP contribution in [0.15, 0.2) is 66.9 Å². The van der Waals surface area contributed by atoms with Crippen molar-refractivity contribution in [3.8, 4) is 0 Å². The highest BCUT2D eigenvalue weighted by atomic mass is 16.5. The maximum absolute atomic E-state index is 13.5. The number of carbonyl (C=O) groups is 2. The molecule has 2 aromatic carbocycles. The summed E-state index contributed by atoms with van der Waals surface area (Å²) in [5, 5.41) is 11.3. The Morgan fingerprint density at radius 3 is 2.44 bits per heavy atom. The van der Waals surface area contributed by atoms with Gasteiger partial charge in [-0.3, -0.25) is 19.9 Å². The maximum Gasteiger partial charge on any atom is 0.307 e. The van der Waals surface area contributed by atoms with Gasteiger partial charge in [-0.2, -0.15) is 0 Å². The molecule has 0 saturated carbocycles. The van der Waals surface area contributed by atoms with Gasteiger partial charge in [0.05, 0.1) is 37.2 Å². The highest BCUT2D eigenvalue weighted by Gasteiger charge is 2.21. The van der Waals surface area contributed by atoms with E-state index in [4.69, 9.17) is 19.9 Å². The monoisotopic (exact) mass is 528 g/mol. The zero-order chi connectivity index (χ0) is 27.8. The Bertz CT molecular complexity index is 1450. The van der Waals surface area contributed by atoms with E-state index in [0.717, 1.165) is 17.0 Å². The number of aromatic nitrogens is 3. The van der Waals surface area contributed by atoms with Crippen LogP contribution in [0.2, 0.25) is 0 Å². The number of carbonyl (C=O) groups excluding carboxylic acids is 2. The zero-order valence-electron chi connectivity index (χ0n) is 22.3. The summed E-state index contributed by atoms with van der Waals surface area (Å²) < 4.78 is 12.3. The predicted octanol–water partition coefficient (Wildman–Crippen LogP) is 4.54. The fraction of sp³-hybridized carbons (Fsp3) is 0.276. The second kappa shape index (κ2) is 12.7. The first-order chi connectivity index (χ1) is 18.9. The number of hydrogen-bond donors (Lipinski definition) is 2. The van der Waals surface area contributed by atoms with E-state index in [2.05, 4.69) is 10.3 Å². The van der Waals surface area contributed by atoms with Crippen molar-refractivity contribution in [3.63, 3.8) is 0 Å². The summed E-state index contributed by atoms with van der Waals surface area (Å²) in [4.78, 5) is 36.1. The summed E-state index contributed by atoms with van der Waals surface area (Å²) in [5.41, 5.74) is 3.62. The van der Waals surface area contributed by atoms with Crippen LogP contribution < -0.4 is 10.2 Å². The molecule has 0 fully saturated rings. The minimum absolute atomic E-state index is 0.0611. The average molecular weight is 529 g/mol. The van der Waals surface area contributed by atoms with Crippen LogP contribution in [0.1, 0.15) is 42.0 Å². The third-order valence-corrected chi connectivity index (χ3v) is 6.12. The average Bonchev–Trinajstić information content (AvgIpc) is 3.27. The normalized spacial score (nSPS) is 10.7. The molecule has 10 nitrogen and oxygen atoms in total. The van der Waals surface area contributed by atoms with E-state index in [1.165, 1.54) is 4.90 Å². The summed E-state index contributed by atoms with van der Waals surface area (Å²) in [6.07, 6.45) is 1.67. The van der Waals surface area contributed by atoms with Crippen LogP contribution in [-0.4, -0.2) is 52.1 Å². The number of nitrogens with zero attached hydrogens (tertiary/aromatic N) is 4. The minimum atomic E-state index is -0.370. The van der Waals surface area contributed by atoms with Crippen molar-refractivity contribution >= 4 is 40.3 Å². The van der Waals surface area contributed by atoms with Crippen LogP contribution >= 0.6 is 0 Å². The molecule has 202 valence electrons. The molecule has 39 heavy (non-hydrogen) atoms. The van der Waals surface area contributed by atoms with Gasteiger partial charge >= 0.3 is 5.97 Å². The molecule has 0 atom stereocenters. The second-order valence-corrected chi connectivity index (χ2v) is 8.68. The van der Waals surface area contributed by atoms with E-state index in [1.807, 2.05) is 48.9 Å². The number of imidazole rings is 1. The summed E-state index contributed by atoms with van der Waals surface area (Å²) >= 11 is 0. The second-order valence-electron chi connectivity index (χ2n) is 8.68. The van der Waals surface area contributed by atoms with Crippen LogP contribution in [0.4, 0.5) is 11.5 Å². The van der Waals surface area contributed by atoms with Gasteiger partial charge in [-0.15, -0.1) is 0 Å². The largest absolute Gasteiger partial charge is 0.478 e. The molecule has 0 radical (unpaired) electrons. The molecule has 0 bridgehead atoms. The SMILES string of the molecule is CCOC(=N)c1ccc(NCc2nc3cc(C(=O)N(CCC(=O)OCC)c4ccccn4)ccc3n2C)cc1. The number of hydrogen-bond acceptors (Lipinski definition) is 8. The summed E-state index contributed by atoms with van der Waals surface area (Å²) in [7, 11) is 1.93. The van der Waals surface area contributed by atoms with Crippen molar-refractivity contribution in [1.29, 1.82) is 5.41 Å². The summed E-state index contributed by atoms with van der Waals surface area (Å²) in [6, 6.07) is 18.2. The van der Waals surface area contributed by atoms with Crippen LogP contribution in [-0.2, 0) is 27.9 Å². The van der Waals surface area contributed by atoms with Gasteiger partial charge in [-0.05, 0) is 68.4 Å². The summed E-state index contributed by atoms with van der Waals surface area (Å²) in [5.74, 6) is 0.755. The van der Waals surface area contributed by atoms with E-state index in [9.17, 15) is 9.59 Å².